The fourth-order valence-corrected chi connectivity index (χ4v) is 0.147. The van der Waals surface area contributed by atoms with E-state index < -0.39 is 0 Å². The zero-order valence-electron chi connectivity index (χ0n) is 3.97. The first-order valence-electron chi connectivity index (χ1n) is 1.82. The van der Waals surface area contributed by atoms with E-state index in [2.05, 4.69) is 5.73 Å². The van der Waals surface area contributed by atoms with Gasteiger partial charge in [-0.25, -0.2) is 9.59 Å². The minimum absolute atomic E-state index is 1.07. The van der Waals surface area contributed by atoms with Crippen LogP contribution >= 0.6 is 0 Å². The third-order valence-corrected chi connectivity index (χ3v) is 0.358. The molecule has 2 nitrogen and oxygen atoms in total. The van der Waals surface area contributed by atoms with Crippen molar-refractivity contribution in [3.8, 4) is 0 Å². The molecule has 0 radical (unpaired) electrons. The molecule has 0 heterocycles. The van der Waals surface area contributed by atoms with E-state index in [1.54, 1.807) is 0 Å². The van der Waals surface area contributed by atoms with E-state index in [0.717, 1.165) is 6.08 Å². The molecule has 0 atom stereocenters. The summed E-state index contributed by atoms with van der Waals surface area (Å²) in [6, 6.07) is 0. The molecule has 0 bridgehead atoms. The Labute approximate surface area is 46.1 Å². The van der Waals surface area contributed by atoms with Gasteiger partial charge in [0.25, 0.3) is 0 Å². The van der Waals surface area contributed by atoms with Crippen molar-refractivity contribution in [2.45, 2.75) is 0 Å². The van der Waals surface area contributed by atoms with E-state index in [1.807, 2.05) is 5.73 Å². The molecule has 2 heteroatoms. The van der Waals surface area contributed by atoms with E-state index >= 15 is 0 Å². The highest BCUT2D eigenvalue weighted by atomic mass is 16.1. The van der Waals surface area contributed by atoms with Crippen LogP contribution in [0.4, 0.5) is 0 Å². The lowest BCUT2D eigenvalue weighted by molar-refractivity contribution is 0.568. The first kappa shape index (κ1) is 6.46. The Morgan fingerprint density at radius 3 is 2.38 bits per heavy atom. The molecule has 0 aromatic carbocycles. The second-order valence-electron chi connectivity index (χ2n) is 0.823. The lowest BCUT2D eigenvalue weighted by Crippen LogP contribution is -1.42. The summed E-state index contributed by atoms with van der Waals surface area (Å²) in [6.07, 6.45) is 2.29. The van der Waals surface area contributed by atoms with Crippen molar-refractivity contribution in [3.63, 3.8) is 0 Å². The Morgan fingerprint density at radius 2 is 1.88 bits per heavy atom. The van der Waals surface area contributed by atoms with Gasteiger partial charge in [0.1, 0.15) is 5.94 Å². The van der Waals surface area contributed by atoms with Gasteiger partial charge in [-0.05, 0) is 0 Å². The second kappa shape index (κ2) is 5.46. The first-order chi connectivity index (χ1) is 3.91. The summed E-state index contributed by atoms with van der Waals surface area (Å²) in [5.74, 6) is 2.80. The maximum absolute atomic E-state index is 9.39. The van der Waals surface area contributed by atoms with E-state index in [4.69, 9.17) is 0 Å². The maximum atomic E-state index is 9.39. The molecule has 0 rings (SSSR count). The predicted molar refractivity (Wildman–Crippen MR) is 27.6 cm³/mol. The Morgan fingerprint density at radius 1 is 1.12 bits per heavy atom. The zero-order chi connectivity index (χ0) is 6.24. The van der Waals surface area contributed by atoms with Crippen molar-refractivity contribution in [2.24, 2.45) is 0 Å². The van der Waals surface area contributed by atoms with Crippen molar-refractivity contribution < 1.29 is 9.59 Å². The first-order valence-corrected chi connectivity index (χ1v) is 1.82. The molecule has 0 saturated carbocycles. The molecule has 0 aliphatic rings. The molecular formula is C6H2O2. The summed E-state index contributed by atoms with van der Waals surface area (Å²) in [7, 11) is 0. The Hall–Kier alpha value is -1.54. The third kappa shape index (κ3) is 4.46. The molecule has 0 N–H and O–H groups in total. The quantitative estimate of drug-likeness (QED) is 0.269. The topological polar surface area (TPSA) is 34.1 Å². The Bertz CT molecular complexity index is 215. The second-order valence-corrected chi connectivity index (χ2v) is 0.823. The fraction of sp³-hybridized carbons (Fsp3) is 0. The average molecular weight is 106 g/mol. The van der Waals surface area contributed by atoms with E-state index in [9.17, 15) is 9.59 Å². The Balaban J connectivity index is 4.25. The summed E-state index contributed by atoms with van der Waals surface area (Å²) in [6.45, 7) is 0. The van der Waals surface area contributed by atoms with Crippen LogP contribution in [0.15, 0.2) is 23.6 Å². The molecule has 38 valence electrons. The highest BCUT2D eigenvalue weighted by molar-refractivity contribution is 5.49. The standard InChI is InChI=1S/C6H2O2/c7-5-3-1-2-4-6-8/h1,3H. The van der Waals surface area contributed by atoms with Crippen LogP contribution in [0.5, 0.6) is 0 Å². The summed E-state index contributed by atoms with van der Waals surface area (Å²) in [4.78, 5) is 18.7. The summed E-state index contributed by atoms with van der Waals surface area (Å²) < 4.78 is 0. The number of rotatable bonds is 1. The van der Waals surface area contributed by atoms with Gasteiger partial charge in [-0.15, -0.1) is 0 Å². The van der Waals surface area contributed by atoms with Crippen molar-refractivity contribution >= 4 is 11.9 Å². The van der Waals surface area contributed by atoms with Crippen LogP contribution < -0.4 is 0 Å². The molecule has 0 unspecified atom stereocenters. The van der Waals surface area contributed by atoms with Crippen LogP contribution in [0.25, 0.3) is 0 Å². The van der Waals surface area contributed by atoms with Gasteiger partial charge in [0.2, 0.25) is 0 Å². The predicted octanol–water partition coefficient (Wildman–Crippen LogP) is 0.0722. The van der Waals surface area contributed by atoms with Gasteiger partial charge in [0, 0.05) is 17.9 Å². The van der Waals surface area contributed by atoms with Crippen LogP contribution in [0.2, 0.25) is 0 Å². The average Bonchev–Trinajstić information content (AvgIpc) is 1.81. The van der Waals surface area contributed by atoms with Crippen LogP contribution in [-0.4, -0.2) is 11.9 Å². The summed E-state index contributed by atoms with van der Waals surface area (Å²) in [5.41, 5.74) is 4.18. The van der Waals surface area contributed by atoms with Gasteiger partial charge < -0.3 is 0 Å². The molecule has 0 fully saturated rings. The largest absolute Gasteiger partial charge is 0.233 e. The van der Waals surface area contributed by atoms with Crippen molar-refractivity contribution in [3.05, 3.63) is 23.6 Å². The molecule has 0 amide bonds. The number of carbonyl (C=O) groups excluding carboxylic acids is 2. The van der Waals surface area contributed by atoms with Gasteiger partial charge in [-0.3, -0.25) is 0 Å². The van der Waals surface area contributed by atoms with E-state index in [0.29, 0.717) is 0 Å². The Kier molecular flexibility index (Phi) is 4.41. The van der Waals surface area contributed by atoms with Crippen LogP contribution in [0.3, 0.4) is 0 Å². The van der Waals surface area contributed by atoms with Gasteiger partial charge in [0.05, 0.1) is 0 Å². The zero-order valence-corrected chi connectivity index (χ0v) is 3.97. The molecule has 0 spiro atoms. The van der Waals surface area contributed by atoms with Crippen LogP contribution in [-0.2, 0) is 9.59 Å². The normalized spacial score (nSPS) is 4.50. The monoisotopic (exact) mass is 106 g/mol. The van der Waals surface area contributed by atoms with Gasteiger partial charge in [-0.2, -0.15) is 0 Å². The minimum atomic E-state index is 1.07. The fourth-order valence-electron chi connectivity index (χ4n) is 0.147. The number of allylic oxidation sites excluding steroid dienone is 2. The SMILES string of the molecule is O=C=C=C=CC=C=O. The van der Waals surface area contributed by atoms with E-state index in [-0.39, 0.29) is 0 Å². The lowest BCUT2D eigenvalue weighted by atomic mass is 10.6. The molecule has 0 aromatic heterocycles. The lowest BCUT2D eigenvalue weighted by Gasteiger charge is -1.46. The molecule has 0 aromatic rings. The summed E-state index contributed by atoms with van der Waals surface area (Å²) in [5, 5.41) is 0. The molecule has 8 heavy (non-hydrogen) atoms. The molecular weight excluding hydrogens is 104 g/mol. The highest BCUT2D eigenvalue weighted by Crippen LogP contribution is 1.58. The molecule has 0 saturated heterocycles. The van der Waals surface area contributed by atoms with Gasteiger partial charge >= 0.3 is 0 Å². The van der Waals surface area contributed by atoms with Gasteiger partial charge in [-0.1, -0.05) is 5.73 Å². The molecule has 0 aliphatic heterocycles. The van der Waals surface area contributed by atoms with Gasteiger partial charge in [0.15, 0.2) is 5.94 Å². The van der Waals surface area contributed by atoms with Crippen molar-refractivity contribution in [2.75, 3.05) is 0 Å². The van der Waals surface area contributed by atoms with Crippen LogP contribution in [0, 0.1) is 0 Å². The third-order valence-electron chi connectivity index (χ3n) is 0.358. The molecule has 0 aliphatic carbocycles. The van der Waals surface area contributed by atoms with Crippen LogP contribution in [0.1, 0.15) is 0 Å². The van der Waals surface area contributed by atoms with E-state index in [1.165, 1.54) is 18.0 Å². The maximum Gasteiger partial charge on any atom is 0.185 e. The van der Waals surface area contributed by atoms with Crippen molar-refractivity contribution in [1.82, 2.24) is 0 Å². The number of hydrogen-bond donors (Lipinski definition) is 0. The van der Waals surface area contributed by atoms with Crippen molar-refractivity contribution in [1.29, 1.82) is 0 Å². The minimum Gasteiger partial charge on any atom is -0.233 e. The highest BCUT2D eigenvalue weighted by Gasteiger charge is 1.49. The summed E-state index contributed by atoms with van der Waals surface area (Å²) >= 11 is 0. The smallest absolute Gasteiger partial charge is 0.185 e. The number of hydrogen-bond acceptors (Lipinski definition) is 2.